The van der Waals surface area contributed by atoms with Gasteiger partial charge in [-0.15, -0.1) is 0 Å². The zero-order valence-electron chi connectivity index (χ0n) is 14.4. The summed E-state index contributed by atoms with van der Waals surface area (Å²) in [6.45, 7) is 13.8. The van der Waals surface area contributed by atoms with E-state index in [1.807, 2.05) is 32.9 Å². The molecule has 0 spiro atoms. The van der Waals surface area contributed by atoms with E-state index in [-0.39, 0.29) is 11.4 Å². The predicted molar refractivity (Wildman–Crippen MR) is 87.3 cm³/mol. The van der Waals surface area contributed by atoms with Crippen LogP contribution in [0.25, 0.3) is 0 Å². The zero-order valence-corrected chi connectivity index (χ0v) is 14.4. The number of carbonyl (C=O) groups excluding carboxylic acids is 1. The Morgan fingerprint density at radius 1 is 1.00 bits per heavy atom. The lowest BCUT2D eigenvalue weighted by molar-refractivity contribution is -0.160. The molecule has 3 heteroatoms. The number of hydrogen-bond acceptors (Lipinski definition) is 3. The Labute approximate surface area is 128 Å². The van der Waals surface area contributed by atoms with Crippen LogP contribution in [0.4, 0.5) is 0 Å². The van der Waals surface area contributed by atoms with Gasteiger partial charge in [-0.05, 0) is 44.2 Å². The van der Waals surface area contributed by atoms with Crippen LogP contribution in [0.3, 0.4) is 0 Å². The van der Waals surface area contributed by atoms with Crippen molar-refractivity contribution in [3.8, 4) is 0 Å². The molecule has 21 heavy (non-hydrogen) atoms. The Balaban J connectivity index is 2.82. The maximum absolute atomic E-state index is 12.2. The summed E-state index contributed by atoms with van der Waals surface area (Å²) >= 11 is 0. The Hall–Kier alpha value is -1.35. The van der Waals surface area contributed by atoms with Crippen LogP contribution in [0.15, 0.2) is 24.3 Å². The van der Waals surface area contributed by atoms with Gasteiger partial charge in [-0.25, -0.2) is 0 Å². The molecule has 0 saturated carbocycles. The number of rotatable bonds is 3. The molecule has 0 fully saturated rings. The largest absolute Gasteiger partial charge is 0.459 e. The minimum atomic E-state index is -1.02. The SMILES string of the molecule is CC(C)(C)OC(=O)[C@@](C)(N)Cc1ccc(C(C)(C)C)cc1. The van der Waals surface area contributed by atoms with Gasteiger partial charge in [0.05, 0.1) is 0 Å². The second kappa shape index (κ2) is 5.80. The van der Waals surface area contributed by atoms with Crippen molar-refractivity contribution >= 4 is 5.97 Å². The highest BCUT2D eigenvalue weighted by molar-refractivity contribution is 5.80. The minimum Gasteiger partial charge on any atom is -0.459 e. The maximum Gasteiger partial charge on any atom is 0.326 e. The van der Waals surface area contributed by atoms with E-state index in [1.165, 1.54) is 5.56 Å². The third-order valence-electron chi connectivity index (χ3n) is 3.26. The molecule has 0 aromatic heterocycles. The number of hydrogen-bond donors (Lipinski definition) is 1. The quantitative estimate of drug-likeness (QED) is 0.866. The molecule has 0 unspecified atom stereocenters. The van der Waals surface area contributed by atoms with Gasteiger partial charge in [-0.3, -0.25) is 4.79 Å². The summed E-state index contributed by atoms with van der Waals surface area (Å²) in [4.78, 5) is 12.2. The normalized spacial score (nSPS) is 15.4. The number of ether oxygens (including phenoxy) is 1. The molecule has 0 aliphatic heterocycles. The lowest BCUT2D eigenvalue weighted by Crippen LogP contribution is -2.50. The van der Waals surface area contributed by atoms with Crippen molar-refractivity contribution in [2.45, 2.75) is 71.4 Å². The van der Waals surface area contributed by atoms with Crippen molar-refractivity contribution in [3.05, 3.63) is 35.4 Å². The van der Waals surface area contributed by atoms with Crippen LogP contribution >= 0.6 is 0 Å². The fraction of sp³-hybridized carbons (Fsp3) is 0.611. The fourth-order valence-electron chi connectivity index (χ4n) is 2.01. The molecule has 0 aliphatic carbocycles. The standard InChI is InChI=1S/C18H29NO2/c1-16(2,3)14-10-8-13(9-11-14)12-18(7,19)15(20)21-17(4,5)6/h8-11H,12,19H2,1-7H3/t18-/m0/s1. The highest BCUT2D eigenvalue weighted by Crippen LogP contribution is 2.23. The molecule has 1 atom stereocenters. The second-order valence-electron chi connectivity index (χ2n) is 8.04. The van der Waals surface area contributed by atoms with E-state index < -0.39 is 11.1 Å². The molecule has 0 heterocycles. The predicted octanol–water partition coefficient (Wildman–Crippen LogP) is 3.59. The first-order valence-electron chi connectivity index (χ1n) is 7.43. The lowest BCUT2D eigenvalue weighted by atomic mass is 9.85. The third kappa shape index (κ3) is 5.50. The molecule has 0 bridgehead atoms. The van der Waals surface area contributed by atoms with E-state index in [0.717, 1.165) is 5.56 Å². The summed E-state index contributed by atoms with van der Waals surface area (Å²) in [7, 11) is 0. The lowest BCUT2D eigenvalue weighted by Gasteiger charge is -2.28. The van der Waals surface area contributed by atoms with Crippen molar-refractivity contribution in [1.82, 2.24) is 0 Å². The molecular formula is C18H29NO2. The second-order valence-corrected chi connectivity index (χ2v) is 8.04. The van der Waals surface area contributed by atoms with Gasteiger partial charge in [0.15, 0.2) is 0 Å². The van der Waals surface area contributed by atoms with E-state index in [0.29, 0.717) is 6.42 Å². The maximum atomic E-state index is 12.2. The Morgan fingerprint density at radius 2 is 1.48 bits per heavy atom. The summed E-state index contributed by atoms with van der Waals surface area (Å²) in [5, 5.41) is 0. The first-order chi connectivity index (χ1) is 9.31. The van der Waals surface area contributed by atoms with Gasteiger partial charge < -0.3 is 10.5 Å². The molecule has 3 nitrogen and oxygen atoms in total. The molecular weight excluding hydrogens is 262 g/mol. The average Bonchev–Trinajstić information content (AvgIpc) is 2.25. The Morgan fingerprint density at radius 3 is 1.86 bits per heavy atom. The summed E-state index contributed by atoms with van der Waals surface area (Å²) in [6, 6.07) is 8.27. The topological polar surface area (TPSA) is 52.3 Å². The van der Waals surface area contributed by atoms with Crippen LogP contribution in [0.1, 0.15) is 59.6 Å². The number of carbonyl (C=O) groups is 1. The molecule has 1 rings (SSSR count). The van der Waals surface area contributed by atoms with Crippen LogP contribution in [-0.4, -0.2) is 17.1 Å². The smallest absolute Gasteiger partial charge is 0.326 e. The third-order valence-corrected chi connectivity index (χ3v) is 3.26. The van der Waals surface area contributed by atoms with Gasteiger partial charge in [0.2, 0.25) is 0 Å². The molecule has 2 N–H and O–H groups in total. The fourth-order valence-corrected chi connectivity index (χ4v) is 2.01. The van der Waals surface area contributed by atoms with Gasteiger partial charge in [0.25, 0.3) is 0 Å². The van der Waals surface area contributed by atoms with Crippen molar-refractivity contribution in [3.63, 3.8) is 0 Å². The van der Waals surface area contributed by atoms with Crippen LogP contribution in [0.2, 0.25) is 0 Å². The van der Waals surface area contributed by atoms with Gasteiger partial charge in [0, 0.05) is 6.42 Å². The average molecular weight is 291 g/mol. The number of nitrogens with two attached hydrogens (primary N) is 1. The number of benzene rings is 1. The van der Waals surface area contributed by atoms with Gasteiger partial charge >= 0.3 is 5.97 Å². The van der Waals surface area contributed by atoms with Gasteiger partial charge in [0.1, 0.15) is 11.1 Å². The number of esters is 1. The van der Waals surface area contributed by atoms with Crippen LogP contribution in [0, 0.1) is 0 Å². The molecule has 0 aliphatic rings. The summed E-state index contributed by atoms with van der Waals surface area (Å²) in [5.74, 6) is -0.366. The van der Waals surface area contributed by atoms with Crippen molar-refractivity contribution in [2.75, 3.05) is 0 Å². The summed E-state index contributed by atoms with van der Waals surface area (Å²) < 4.78 is 5.39. The molecule has 118 valence electrons. The van der Waals surface area contributed by atoms with Gasteiger partial charge in [-0.2, -0.15) is 0 Å². The minimum absolute atomic E-state index is 0.121. The zero-order chi connectivity index (χ0) is 16.5. The highest BCUT2D eigenvalue weighted by atomic mass is 16.6. The van der Waals surface area contributed by atoms with E-state index in [1.54, 1.807) is 6.92 Å². The summed E-state index contributed by atoms with van der Waals surface area (Å²) in [5.41, 5.74) is 7.04. The molecule has 0 radical (unpaired) electrons. The highest BCUT2D eigenvalue weighted by Gasteiger charge is 2.33. The van der Waals surface area contributed by atoms with E-state index in [2.05, 4.69) is 32.9 Å². The first-order valence-corrected chi connectivity index (χ1v) is 7.43. The first kappa shape index (κ1) is 17.7. The Kier molecular flexibility index (Phi) is 4.89. The van der Waals surface area contributed by atoms with Crippen molar-refractivity contribution in [1.29, 1.82) is 0 Å². The van der Waals surface area contributed by atoms with Crippen LogP contribution in [0.5, 0.6) is 0 Å². The summed E-state index contributed by atoms with van der Waals surface area (Å²) in [6.07, 6.45) is 0.465. The Bertz CT molecular complexity index is 487. The van der Waals surface area contributed by atoms with E-state index in [4.69, 9.17) is 10.5 Å². The molecule has 1 aromatic rings. The van der Waals surface area contributed by atoms with Crippen LogP contribution < -0.4 is 5.73 Å². The monoisotopic (exact) mass is 291 g/mol. The van der Waals surface area contributed by atoms with Gasteiger partial charge in [-0.1, -0.05) is 45.0 Å². The molecule has 0 amide bonds. The van der Waals surface area contributed by atoms with Crippen LogP contribution in [-0.2, 0) is 21.4 Å². The molecule has 0 saturated heterocycles. The van der Waals surface area contributed by atoms with Crippen molar-refractivity contribution in [2.24, 2.45) is 5.73 Å². The van der Waals surface area contributed by atoms with Crippen molar-refractivity contribution < 1.29 is 9.53 Å². The molecule has 1 aromatic carbocycles. The van der Waals surface area contributed by atoms with E-state index >= 15 is 0 Å². The van der Waals surface area contributed by atoms with E-state index in [9.17, 15) is 4.79 Å².